The van der Waals surface area contributed by atoms with Crippen molar-refractivity contribution in [3.63, 3.8) is 0 Å². The van der Waals surface area contributed by atoms with Crippen LogP contribution in [-0.4, -0.2) is 35.8 Å². The Morgan fingerprint density at radius 3 is 2.59 bits per heavy atom. The summed E-state index contributed by atoms with van der Waals surface area (Å²) in [6, 6.07) is 11.6. The van der Waals surface area contributed by atoms with Crippen molar-refractivity contribution in [3.05, 3.63) is 42.0 Å². The summed E-state index contributed by atoms with van der Waals surface area (Å²) in [6.45, 7) is 1.24. The van der Waals surface area contributed by atoms with Crippen molar-refractivity contribution in [3.8, 4) is 6.07 Å². The fourth-order valence-corrected chi connectivity index (χ4v) is 2.43. The summed E-state index contributed by atoms with van der Waals surface area (Å²) in [4.78, 5) is 25.3. The molecular formula is C17H19N3O2. The second-order valence-corrected chi connectivity index (χ2v) is 5.25. The topological polar surface area (TPSA) is 73.2 Å². The molecule has 2 amide bonds. The van der Waals surface area contributed by atoms with Gasteiger partial charge < -0.3 is 10.2 Å². The Hall–Kier alpha value is -2.61. The zero-order chi connectivity index (χ0) is 15.8. The van der Waals surface area contributed by atoms with Gasteiger partial charge in [-0.2, -0.15) is 5.26 Å². The van der Waals surface area contributed by atoms with Gasteiger partial charge in [-0.1, -0.05) is 30.3 Å². The minimum Gasteiger partial charge on any atom is -0.352 e. The van der Waals surface area contributed by atoms with Crippen molar-refractivity contribution in [2.24, 2.45) is 0 Å². The van der Waals surface area contributed by atoms with Crippen LogP contribution in [0.15, 0.2) is 36.4 Å². The third-order valence-corrected chi connectivity index (χ3v) is 3.63. The van der Waals surface area contributed by atoms with Crippen LogP contribution in [0, 0.1) is 11.3 Å². The minimum absolute atomic E-state index is 0.00865. The van der Waals surface area contributed by atoms with Crippen LogP contribution < -0.4 is 5.32 Å². The highest BCUT2D eigenvalue weighted by atomic mass is 16.2. The van der Waals surface area contributed by atoms with Gasteiger partial charge in [0.1, 0.15) is 6.42 Å². The van der Waals surface area contributed by atoms with Crippen LogP contribution >= 0.6 is 0 Å². The third kappa shape index (κ3) is 4.74. The van der Waals surface area contributed by atoms with E-state index in [1.54, 1.807) is 11.0 Å². The molecule has 0 bridgehead atoms. The fraction of sp³-hybridized carbons (Fsp3) is 0.353. The maximum absolute atomic E-state index is 12.1. The van der Waals surface area contributed by atoms with E-state index in [1.807, 2.05) is 42.5 Å². The normalized spacial score (nSPS) is 15.5. The number of hydrogen-bond acceptors (Lipinski definition) is 3. The number of benzene rings is 1. The summed E-state index contributed by atoms with van der Waals surface area (Å²) in [5, 5.41) is 11.3. The Labute approximate surface area is 130 Å². The highest BCUT2D eigenvalue weighted by molar-refractivity contribution is 5.91. The molecule has 114 valence electrons. The number of nitriles is 1. The number of hydrogen-bond donors (Lipinski definition) is 1. The average Bonchev–Trinajstić information content (AvgIpc) is 2.54. The molecule has 1 aromatic carbocycles. The maximum atomic E-state index is 12.1. The van der Waals surface area contributed by atoms with Gasteiger partial charge >= 0.3 is 0 Å². The number of amides is 2. The van der Waals surface area contributed by atoms with E-state index >= 15 is 0 Å². The highest BCUT2D eigenvalue weighted by Crippen LogP contribution is 2.12. The third-order valence-electron chi connectivity index (χ3n) is 3.63. The van der Waals surface area contributed by atoms with Gasteiger partial charge in [0.2, 0.25) is 11.8 Å². The first kappa shape index (κ1) is 15.8. The SMILES string of the molecule is N#CCC(=O)NC1CCN(C(=O)/C=C/c2ccccc2)CC1. The Balaban J connectivity index is 1.79. The van der Waals surface area contributed by atoms with Crippen molar-refractivity contribution in [1.29, 1.82) is 5.26 Å². The predicted octanol–water partition coefficient (Wildman–Crippen LogP) is 1.72. The molecule has 2 rings (SSSR count). The van der Waals surface area contributed by atoms with Gasteiger partial charge in [-0.3, -0.25) is 9.59 Å². The lowest BCUT2D eigenvalue weighted by atomic mass is 10.0. The molecule has 0 aliphatic carbocycles. The van der Waals surface area contributed by atoms with E-state index in [0.29, 0.717) is 13.1 Å². The van der Waals surface area contributed by atoms with E-state index in [1.165, 1.54) is 0 Å². The van der Waals surface area contributed by atoms with E-state index < -0.39 is 0 Å². The van der Waals surface area contributed by atoms with Crippen molar-refractivity contribution in [1.82, 2.24) is 10.2 Å². The molecule has 22 heavy (non-hydrogen) atoms. The zero-order valence-electron chi connectivity index (χ0n) is 12.4. The van der Waals surface area contributed by atoms with Gasteiger partial charge in [0.25, 0.3) is 0 Å². The second-order valence-electron chi connectivity index (χ2n) is 5.25. The highest BCUT2D eigenvalue weighted by Gasteiger charge is 2.22. The molecule has 1 aliphatic heterocycles. The summed E-state index contributed by atoms with van der Waals surface area (Å²) in [6.07, 6.45) is 4.73. The molecule has 1 fully saturated rings. The van der Waals surface area contributed by atoms with Gasteiger partial charge in [0.05, 0.1) is 6.07 Å². The van der Waals surface area contributed by atoms with Crippen LogP contribution in [0.1, 0.15) is 24.8 Å². The fourth-order valence-electron chi connectivity index (χ4n) is 2.43. The molecule has 5 heteroatoms. The molecule has 0 unspecified atom stereocenters. The molecule has 0 aromatic heterocycles. The van der Waals surface area contributed by atoms with Gasteiger partial charge in [0, 0.05) is 25.2 Å². The predicted molar refractivity (Wildman–Crippen MR) is 83.5 cm³/mol. The number of rotatable bonds is 4. The van der Waals surface area contributed by atoms with Gasteiger partial charge in [-0.15, -0.1) is 0 Å². The Kier molecular flexibility index (Phi) is 5.73. The van der Waals surface area contributed by atoms with Gasteiger partial charge in [-0.25, -0.2) is 0 Å². The molecule has 1 aromatic rings. The molecule has 0 saturated carbocycles. The number of carbonyl (C=O) groups is 2. The number of carbonyl (C=O) groups excluding carboxylic acids is 2. The van der Waals surface area contributed by atoms with Crippen molar-refractivity contribution in [2.75, 3.05) is 13.1 Å². The first-order valence-electron chi connectivity index (χ1n) is 7.37. The molecule has 5 nitrogen and oxygen atoms in total. The number of nitrogens with one attached hydrogen (secondary N) is 1. The average molecular weight is 297 g/mol. The molecule has 1 aliphatic rings. The molecule has 0 atom stereocenters. The van der Waals surface area contributed by atoms with E-state index in [9.17, 15) is 9.59 Å². The Morgan fingerprint density at radius 1 is 1.27 bits per heavy atom. The van der Waals surface area contributed by atoms with Crippen LogP contribution in [0.5, 0.6) is 0 Å². The van der Waals surface area contributed by atoms with E-state index in [0.717, 1.165) is 18.4 Å². The molecule has 0 spiro atoms. The molecule has 0 radical (unpaired) electrons. The van der Waals surface area contributed by atoms with Crippen LogP contribution in [0.3, 0.4) is 0 Å². The lowest BCUT2D eigenvalue weighted by Crippen LogP contribution is -2.46. The maximum Gasteiger partial charge on any atom is 0.246 e. The number of likely N-dealkylation sites (tertiary alicyclic amines) is 1. The van der Waals surface area contributed by atoms with Crippen molar-refractivity contribution >= 4 is 17.9 Å². The Morgan fingerprint density at radius 2 is 1.95 bits per heavy atom. The lowest BCUT2D eigenvalue weighted by Gasteiger charge is -2.31. The first-order valence-corrected chi connectivity index (χ1v) is 7.37. The summed E-state index contributed by atoms with van der Waals surface area (Å²) in [5.74, 6) is -0.248. The molecule has 1 heterocycles. The van der Waals surface area contributed by atoms with Crippen molar-refractivity contribution in [2.45, 2.75) is 25.3 Å². The van der Waals surface area contributed by atoms with Crippen molar-refractivity contribution < 1.29 is 9.59 Å². The monoisotopic (exact) mass is 297 g/mol. The summed E-state index contributed by atoms with van der Waals surface area (Å²) < 4.78 is 0. The van der Waals surface area contributed by atoms with Gasteiger partial charge in [0.15, 0.2) is 0 Å². The standard InChI is InChI=1S/C17H19N3O2/c18-11-8-16(21)19-15-9-12-20(13-10-15)17(22)7-6-14-4-2-1-3-5-14/h1-7,15H,8-10,12-13H2,(H,19,21)/b7-6+. The van der Waals surface area contributed by atoms with Crippen LogP contribution in [0.4, 0.5) is 0 Å². The lowest BCUT2D eigenvalue weighted by molar-refractivity contribution is -0.127. The number of piperidine rings is 1. The smallest absolute Gasteiger partial charge is 0.246 e. The summed E-state index contributed by atoms with van der Waals surface area (Å²) >= 11 is 0. The largest absolute Gasteiger partial charge is 0.352 e. The van der Waals surface area contributed by atoms with E-state index in [2.05, 4.69) is 5.32 Å². The summed E-state index contributed by atoms with van der Waals surface area (Å²) in [7, 11) is 0. The van der Waals surface area contributed by atoms with Crippen LogP contribution in [-0.2, 0) is 9.59 Å². The van der Waals surface area contributed by atoms with E-state index in [-0.39, 0.29) is 24.3 Å². The van der Waals surface area contributed by atoms with Crippen LogP contribution in [0.25, 0.3) is 6.08 Å². The van der Waals surface area contributed by atoms with Gasteiger partial charge in [-0.05, 0) is 24.5 Å². The molecule has 1 N–H and O–H groups in total. The van der Waals surface area contributed by atoms with E-state index in [4.69, 9.17) is 5.26 Å². The first-order chi connectivity index (χ1) is 10.7. The quantitative estimate of drug-likeness (QED) is 0.860. The minimum atomic E-state index is -0.240. The number of nitrogens with zero attached hydrogens (tertiary/aromatic N) is 2. The summed E-state index contributed by atoms with van der Waals surface area (Å²) in [5.41, 5.74) is 0.995. The zero-order valence-corrected chi connectivity index (χ0v) is 12.4. The molecule has 1 saturated heterocycles. The second kappa shape index (κ2) is 7.99. The molecular weight excluding hydrogens is 278 g/mol. The Bertz CT molecular complexity index is 582. The van der Waals surface area contributed by atoms with Crippen LogP contribution in [0.2, 0.25) is 0 Å².